The molecule has 1 amide bonds. The number of amides is 1. The Kier molecular flexibility index (Phi) is 5.18. The number of nitrogens with one attached hydrogen (secondary N) is 1. The molecular weight excluding hydrogens is 412 g/mol. The summed E-state index contributed by atoms with van der Waals surface area (Å²) in [5.41, 5.74) is 0.928. The lowest BCUT2D eigenvalue weighted by molar-refractivity contribution is -0.137. The van der Waals surface area contributed by atoms with Gasteiger partial charge in [0.1, 0.15) is 5.82 Å². The highest BCUT2D eigenvalue weighted by Crippen LogP contribution is 2.32. The molecule has 0 atom stereocenters. The molecule has 2 heterocycles. The fraction of sp³-hybridized carbons (Fsp3) is 0.136. The van der Waals surface area contributed by atoms with Gasteiger partial charge in [-0.25, -0.2) is 9.37 Å². The van der Waals surface area contributed by atoms with Crippen LogP contribution >= 0.6 is 0 Å². The SMILES string of the molecule is Cn1ncc2c(C(=O)NCc3ccc(F)cc3)cc(-c3cccc(C(F)(F)F)c3)nc21. The molecule has 0 radical (unpaired) electrons. The molecule has 2 aromatic heterocycles. The van der Waals surface area contributed by atoms with Crippen molar-refractivity contribution < 1.29 is 22.4 Å². The average Bonchev–Trinajstić information content (AvgIpc) is 3.13. The molecule has 4 aromatic rings. The predicted octanol–water partition coefficient (Wildman–Crippen LogP) is 4.72. The quantitative estimate of drug-likeness (QED) is 0.479. The largest absolute Gasteiger partial charge is 0.416 e. The van der Waals surface area contributed by atoms with E-state index in [1.165, 1.54) is 41.2 Å². The van der Waals surface area contributed by atoms with E-state index < -0.39 is 17.6 Å². The van der Waals surface area contributed by atoms with Crippen LogP contribution in [0.4, 0.5) is 17.6 Å². The number of hydrogen-bond acceptors (Lipinski definition) is 3. The summed E-state index contributed by atoms with van der Waals surface area (Å²) >= 11 is 0. The van der Waals surface area contributed by atoms with Gasteiger partial charge in [-0.3, -0.25) is 9.48 Å². The van der Waals surface area contributed by atoms with Gasteiger partial charge in [0.15, 0.2) is 5.65 Å². The summed E-state index contributed by atoms with van der Waals surface area (Å²) in [6, 6.07) is 11.9. The molecule has 158 valence electrons. The molecular formula is C22H16F4N4O. The zero-order chi connectivity index (χ0) is 22.2. The number of alkyl halides is 3. The molecule has 9 heteroatoms. The normalized spacial score (nSPS) is 11.6. The van der Waals surface area contributed by atoms with E-state index in [0.29, 0.717) is 16.6 Å². The Balaban J connectivity index is 1.72. The number of benzene rings is 2. The lowest BCUT2D eigenvalue weighted by Gasteiger charge is -2.11. The Hall–Kier alpha value is -3.75. The van der Waals surface area contributed by atoms with E-state index in [1.54, 1.807) is 19.2 Å². The summed E-state index contributed by atoms with van der Waals surface area (Å²) in [7, 11) is 1.63. The number of carbonyl (C=O) groups is 1. The topological polar surface area (TPSA) is 59.8 Å². The maximum absolute atomic E-state index is 13.1. The first-order valence-corrected chi connectivity index (χ1v) is 9.25. The number of fused-ring (bicyclic) bond motifs is 1. The van der Waals surface area contributed by atoms with E-state index in [0.717, 1.165) is 12.1 Å². The second-order valence-corrected chi connectivity index (χ2v) is 6.95. The van der Waals surface area contributed by atoms with Crippen LogP contribution in [0.1, 0.15) is 21.5 Å². The van der Waals surface area contributed by atoms with Gasteiger partial charge in [0, 0.05) is 19.2 Å². The number of aryl methyl sites for hydroxylation is 1. The molecule has 2 aromatic carbocycles. The summed E-state index contributed by atoms with van der Waals surface area (Å²) in [6.07, 6.45) is -3.02. The maximum Gasteiger partial charge on any atom is 0.416 e. The number of nitrogens with zero attached hydrogens (tertiary/aromatic N) is 3. The number of carbonyl (C=O) groups excluding carboxylic acids is 1. The third-order valence-electron chi connectivity index (χ3n) is 4.80. The Morgan fingerprint density at radius 2 is 1.84 bits per heavy atom. The Labute approximate surface area is 174 Å². The first-order valence-electron chi connectivity index (χ1n) is 9.25. The van der Waals surface area contributed by atoms with Crippen LogP contribution < -0.4 is 5.32 Å². The third kappa shape index (κ3) is 4.25. The van der Waals surface area contributed by atoms with Crippen molar-refractivity contribution in [3.8, 4) is 11.3 Å². The van der Waals surface area contributed by atoms with E-state index in [-0.39, 0.29) is 29.2 Å². The fourth-order valence-electron chi connectivity index (χ4n) is 3.18. The molecule has 4 rings (SSSR count). The minimum Gasteiger partial charge on any atom is -0.348 e. The molecule has 0 saturated heterocycles. The molecule has 5 nitrogen and oxygen atoms in total. The van der Waals surface area contributed by atoms with Gasteiger partial charge in [-0.2, -0.15) is 18.3 Å². The molecule has 0 bridgehead atoms. The van der Waals surface area contributed by atoms with Crippen molar-refractivity contribution in [1.29, 1.82) is 0 Å². The maximum atomic E-state index is 13.1. The monoisotopic (exact) mass is 428 g/mol. The molecule has 31 heavy (non-hydrogen) atoms. The van der Waals surface area contributed by atoms with Crippen LogP contribution in [-0.2, 0) is 19.8 Å². The first-order chi connectivity index (χ1) is 14.7. The molecule has 0 aliphatic heterocycles. The van der Waals surface area contributed by atoms with Gasteiger partial charge < -0.3 is 5.32 Å². The van der Waals surface area contributed by atoms with Gasteiger partial charge in [-0.05, 0) is 35.9 Å². The Bertz CT molecular complexity index is 1260. The summed E-state index contributed by atoms with van der Waals surface area (Å²) in [6.45, 7) is 0.155. The second-order valence-electron chi connectivity index (χ2n) is 6.95. The molecule has 0 spiro atoms. The molecule has 0 aliphatic carbocycles. The van der Waals surface area contributed by atoms with Crippen LogP contribution in [0, 0.1) is 5.82 Å². The predicted molar refractivity (Wildman–Crippen MR) is 107 cm³/mol. The number of aromatic nitrogens is 3. The van der Waals surface area contributed by atoms with Crippen molar-refractivity contribution in [2.45, 2.75) is 12.7 Å². The highest BCUT2D eigenvalue weighted by Gasteiger charge is 2.30. The number of rotatable bonds is 4. The highest BCUT2D eigenvalue weighted by atomic mass is 19.4. The average molecular weight is 428 g/mol. The van der Waals surface area contributed by atoms with Crippen molar-refractivity contribution in [3.05, 3.63) is 83.3 Å². The van der Waals surface area contributed by atoms with Gasteiger partial charge in [0.05, 0.1) is 28.4 Å². The molecule has 0 unspecified atom stereocenters. The van der Waals surface area contributed by atoms with Gasteiger partial charge in [-0.1, -0.05) is 24.3 Å². The van der Waals surface area contributed by atoms with Crippen LogP contribution in [0.3, 0.4) is 0 Å². The van der Waals surface area contributed by atoms with Crippen molar-refractivity contribution in [1.82, 2.24) is 20.1 Å². The zero-order valence-electron chi connectivity index (χ0n) is 16.2. The molecule has 0 aliphatic rings. The van der Waals surface area contributed by atoms with E-state index in [4.69, 9.17) is 0 Å². The third-order valence-corrected chi connectivity index (χ3v) is 4.80. The van der Waals surface area contributed by atoms with Crippen molar-refractivity contribution >= 4 is 16.9 Å². The minimum atomic E-state index is -4.50. The van der Waals surface area contributed by atoms with Crippen molar-refractivity contribution in [2.24, 2.45) is 7.05 Å². The second kappa shape index (κ2) is 7.82. The van der Waals surface area contributed by atoms with Crippen molar-refractivity contribution in [3.63, 3.8) is 0 Å². The Morgan fingerprint density at radius 3 is 2.55 bits per heavy atom. The summed E-state index contributed by atoms with van der Waals surface area (Å²) in [5, 5.41) is 7.32. The van der Waals surface area contributed by atoms with E-state index in [2.05, 4.69) is 15.4 Å². The highest BCUT2D eigenvalue weighted by molar-refractivity contribution is 6.06. The van der Waals surface area contributed by atoms with E-state index in [1.807, 2.05) is 0 Å². The lowest BCUT2D eigenvalue weighted by atomic mass is 10.0. The van der Waals surface area contributed by atoms with Gasteiger partial charge in [0.2, 0.25) is 0 Å². The van der Waals surface area contributed by atoms with E-state index >= 15 is 0 Å². The van der Waals surface area contributed by atoms with E-state index in [9.17, 15) is 22.4 Å². The number of halogens is 4. The van der Waals surface area contributed by atoms with Crippen LogP contribution in [0.25, 0.3) is 22.3 Å². The van der Waals surface area contributed by atoms with Crippen molar-refractivity contribution in [2.75, 3.05) is 0 Å². The smallest absolute Gasteiger partial charge is 0.348 e. The lowest BCUT2D eigenvalue weighted by Crippen LogP contribution is -2.23. The van der Waals surface area contributed by atoms with Gasteiger partial charge in [-0.15, -0.1) is 0 Å². The number of pyridine rings is 1. The molecule has 0 fully saturated rings. The summed E-state index contributed by atoms with van der Waals surface area (Å²) < 4.78 is 53.9. The van der Waals surface area contributed by atoms with Crippen LogP contribution in [0.5, 0.6) is 0 Å². The van der Waals surface area contributed by atoms with Crippen LogP contribution in [0.15, 0.2) is 60.8 Å². The zero-order valence-corrected chi connectivity index (χ0v) is 16.2. The number of hydrogen-bond donors (Lipinski definition) is 1. The summed E-state index contributed by atoms with van der Waals surface area (Å²) in [4.78, 5) is 17.3. The fourth-order valence-corrected chi connectivity index (χ4v) is 3.18. The Morgan fingerprint density at radius 1 is 1.10 bits per heavy atom. The van der Waals surface area contributed by atoms with Crippen LogP contribution in [0.2, 0.25) is 0 Å². The molecule has 0 saturated carbocycles. The standard InChI is InChI=1S/C22H16F4N4O/c1-30-20-18(12-28-30)17(21(31)27-11-13-5-7-16(23)8-6-13)10-19(29-20)14-3-2-4-15(9-14)22(24,25)26/h2-10,12H,11H2,1H3,(H,27,31). The molecule has 1 N–H and O–H groups in total. The van der Waals surface area contributed by atoms with Crippen LogP contribution in [-0.4, -0.2) is 20.7 Å². The first kappa shape index (κ1) is 20.5. The van der Waals surface area contributed by atoms with Gasteiger partial charge >= 0.3 is 6.18 Å². The summed E-state index contributed by atoms with van der Waals surface area (Å²) in [5.74, 6) is -0.829. The van der Waals surface area contributed by atoms with Gasteiger partial charge in [0.25, 0.3) is 5.91 Å². The minimum absolute atomic E-state index is 0.155.